The van der Waals surface area contributed by atoms with Gasteiger partial charge in [0.2, 0.25) is 5.13 Å². The minimum atomic E-state index is -0.248. The Morgan fingerprint density at radius 1 is 1.53 bits per heavy atom. The number of hydrogen-bond acceptors (Lipinski definition) is 5. The largest absolute Gasteiger partial charge is 0.320 e. The highest BCUT2D eigenvalue weighted by Crippen LogP contribution is 2.15. The maximum Gasteiger partial charge on any atom is 0.258 e. The van der Waals surface area contributed by atoms with Gasteiger partial charge in [0.05, 0.1) is 12.1 Å². The van der Waals surface area contributed by atoms with Crippen molar-refractivity contribution in [3.8, 4) is 11.8 Å². The van der Waals surface area contributed by atoms with Gasteiger partial charge in [-0.2, -0.15) is 0 Å². The van der Waals surface area contributed by atoms with Gasteiger partial charge in [-0.3, -0.25) is 10.1 Å². The van der Waals surface area contributed by atoms with Crippen molar-refractivity contribution in [2.45, 2.75) is 6.92 Å². The molecule has 1 aromatic heterocycles. The Morgan fingerprint density at radius 2 is 2.37 bits per heavy atom. The number of nitrogens with two attached hydrogens (primary N) is 1. The molecule has 2 rings (SSSR count). The summed E-state index contributed by atoms with van der Waals surface area (Å²) in [7, 11) is 0. The van der Waals surface area contributed by atoms with Gasteiger partial charge >= 0.3 is 0 Å². The average molecular weight is 272 g/mol. The van der Waals surface area contributed by atoms with Crippen LogP contribution < -0.4 is 11.1 Å². The molecule has 3 N–H and O–H groups in total. The molecule has 96 valence electrons. The summed E-state index contributed by atoms with van der Waals surface area (Å²) in [5.41, 5.74) is 9.06. The standard InChI is InChI=1S/C13H12N4OS/c1-9-4-5-10(3-2-6-14)11(7-9)12(18)16-13-17-15-8-19-13/h4-5,7-8H,6,14H2,1H3,(H,16,17,18). The van der Waals surface area contributed by atoms with E-state index in [1.165, 1.54) is 11.3 Å². The van der Waals surface area contributed by atoms with Crippen LogP contribution in [-0.2, 0) is 0 Å². The van der Waals surface area contributed by atoms with E-state index in [9.17, 15) is 4.79 Å². The van der Waals surface area contributed by atoms with Crippen LogP contribution in [0, 0.1) is 18.8 Å². The topological polar surface area (TPSA) is 80.9 Å². The van der Waals surface area contributed by atoms with E-state index < -0.39 is 0 Å². The number of nitrogens with one attached hydrogen (secondary N) is 1. The molecule has 5 nitrogen and oxygen atoms in total. The Labute approximate surface area is 114 Å². The first-order chi connectivity index (χ1) is 9.20. The van der Waals surface area contributed by atoms with Crippen LogP contribution in [0.15, 0.2) is 23.7 Å². The fourth-order valence-electron chi connectivity index (χ4n) is 1.49. The van der Waals surface area contributed by atoms with Crippen LogP contribution in [0.3, 0.4) is 0 Å². The molecule has 0 radical (unpaired) electrons. The summed E-state index contributed by atoms with van der Waals surface area (Å²) in [5.74, 6) is 5.39. The second-order valence-corrected chi connectivity index (χ2v) is 4.59. The molecule has 0 aliphatic heterocycles. The lowest BCUT2D eigenvalue weighted by atomic mass is 10.0. The predicted molar refractivity (Wildman–Crippen MR) is 75.0 cm³/mol. The molecule has 0 saturated carbocycles. The maximum absolute atomic E-state index is 12.2. The number of carbonyl (C=O) groups is 1. The van der Waals surface area contributed by atoms with E-state index in [0.29, 0.717) is 16.3 Å². The summed E-state index contributed by atoms with van der Waals surface area (Å²) in [6.45, 7) is 2.17. The summed E-state index contributed by atoms with van der Waals surface area (Å²) < 4.78 is 0. The Balaban J connectivity index is 2.31. The normalized spacial score (nSPS) is 9.58. The van der Waals surface area contributed by atoms with Crippen molar-refractivity contribution >= 4 is 22.4 Å². The Bertz CT molecular complexity index is 640. The maximum atomic E-state index is 12.2. The molecule has 0 saturated heterocycles. The van der Waals surface area contributed by atoms with Crippen LogP contribution in [0.25, 0.3) is 0 Å². The third-order valence-corrected chi connectivity index (χ3v) is 2.93. The van der Waals surface area contributed by atoms with Gasteiger partial charge in [0.25, 0.3) is 5.91 Å². The zero-order valence-corrected chi connectivity index (χ0v) is 11.1. The molecular weight excluding hydrogens is 260 g/mol. The second-order valence-electron chi connectivity index (χ2n) is 3.75. The monoisotopic (exact) mass is 272 g/mol. The van der Waals surface area contributed by atoms with E-state index in [4.69, 9.17) is 5.73 Å². The van der Waals surface area contributed by atoms with E-state index in [2.05, 4.69) is 27.4 Å². The molecule has 0 bridgehead atoms. The van der Waals surface area contributed by atoms with Crippen LogP contribution >= 0.6 is 11.3 Å². The number of nitrogens with zero attached hydrogens (tertiary/aromatic N) is 2. The highest BCUT2D eigenvalue weighted by Gasteiger charge is 2.12. The van der Waals surface area contributed by atoms with Crippen molar-refractivity contribution in [2.75, 3.05) is 11.9 Å². The van der Waals surface area contributed by atoms with Gasteiger partial charge in [0.15, 0.2) is 0 Å². The predicted octanol–water partition coefficient (Wildman–Crippen LogP) is 1.41. The molecule has 2 aromatic rings. The highest BCUT2D eigenvalue weighted by molar-refractivity contribution is 7.13. The van der Waals surface area contributed by atoms with Crippen molar-refractivity contribution in [3.05, 3.63) is 40.4 Å². The molecule has 1 amide bonds. The van der Waals surface area contributed by atoms with Gasteiger partial charge in [-0.15, -0.1) is 10.2 Å². The van der Waals surface area contributed by atoms with Gasteiger partial charge in [-0.25, -0.2) is 0 Å². The summed E-state index contributed by atoms with van der Waals surface area (Å²) in [5, 5.41) is 10.6. The molecule has 0 aliphatic carbocycles. The number of amides is 1. The molecule has 1 heterocycles. The fraction of sp³-hybridized carbons (Fsp3) is 0.154. The molecule has 0 spiro atoms. The Kier molecular flexibility index (Phi) is 4.23. The molecule has 6 heteroatoms. The van der Waals surface area contributed by atoms with Crippen molar-refractivity contribution in [1.82, 2.24) is 10.2 Å². The van der Waals surface area contributed by atoms with Crippen LogP contribution in [0.4, 0.5) is 5.13 Å². The molecular formula is C13H12N4OS. The number of aryl methyl sites for hydroxylation is 1. The van der Waals surface area contributed by atoms with Gasteiger partial charge in [-0.05, 0) is 19.1 Å². The number of aromatic nitrogens is 2. The molecule has 1 aromatic carbocycles. The number of carbonyl (C=O) groups excluding carboxylic acids is 1. The zero-order chi connectivity index (χ0) is 13.7. The zero-order valence-electron chi connectivity index (χ0n) is 10.3. The summed E-state index contributed by atoms with van der Waals surface area (Å²) in [6.07, 6.45) is 0. The lowest BCUT2D eigenvalue weighted by molar-refractivity contribution is 0.102. The fourth-order valence-corrected chi connectivity index (χ4v) is 1.93. The first-order valence-electron chi connectivity index (χ1n) is 5.58. The molecule has 0 aliphatic rings. The lowest BCUT2D eigenvalue weighted by Gasteiger charge is -2.05. The van der Waals surface area contributed by atoms with Crippen molar-refractivity contribution in [1.29, 1.82) is 0 Å². The third kappa shape index (κ3) is 3.37. The van der Waals surface area contributed by atoms with Gasteiger partial charge in [-0.1, -0.05) is 34.8 Å². The molecule has 0 fully saturated rings. The molecule has 0 unspecified atom stereocenters. The average Bonchev–Trinajstić information content (AvgIpc) is 2.90. The van der Waals surface area contributed by atoms with Crippen molar-refractivity contribution in [3.63, 3.8) is 0 Å². The van der Waals surface area contributed by atoms with Gasteiger partial charge < -0.3 is 5.73 Å². The van der Waals surface area contributed by atoms with E-state index >= 15 is 0 Å². The van der Waals surface area contributed by atoms with E-state index in [1.807, 2.05) is 19.1 Å². The number of hydrogen-bond donors (Lipinski definition) is 2. The first-order valence-corrected chi connectivity index (χ1v) is 6.46. The first kappa shape index (κ1) is 13.2. The number of anilines is 1. The van der Waals surface area contributed by atoms with Crippen LogP contribution in [0.5, 0.6) is 0 Å². The highest BCUT2D eigenvalue weighted by atomic mass is 32.1. The molecule has 0 atom stereocenters. The van der Waals surface area contributed by atoms with Crippen LogP contribution in [0.1, 0.15) is 21.5 Å². The summed E-state index contributed by atoms with van der Waals surface area (Å²) in [6, 6.07) is 5.51. The molecule has 19 heavy (non-hydrogen) atoms. The van der Waals surface area contributed by atoms with Gasteiger partial charge in [0, 0.05) is 5.56 Å². The smallest absolute Gasteiger partial charge is 0.258 e. The van der Waals surface area contributed by atoms with Crippen LogP contribution in [0.2, 0.25) is 0 Å². The third-order valence-electron chi connectivity index (χ3n) is 2.33. The minimum absolute atomic E-state index is 0.248. The van der Waals surface area contributed by atoms with E-state index in [0.717, 1.165) is 5.56 Å². The SMILES string of the molecule is Cc1ccc(C#CCN)c(C(=O)Nc2nncs2)c1. The quantitative estimate of drug-likeness (QED) is 0.810. The van der Waals surface area contributed by atoms with Crippen LogP contribution in [-0.4, -0.2) is 22.6 Å². The summed E-state index contributed by atoms with van der Waals surface area (Å²) >= 11 is 1.26. The van der Waals surface area contributed by atoms with E-state index in [-0.39, 0.29) is 12.5 Å². The Morgan fingerprint density at radius 3 is 3.05 bits per heavy atom. The van der Waals surface area contributed by atoms with Crippen molar-refractivity contribution in [2.24, 2.45) is 5.73 Å². The Hall–Kier alpha value is -2.23. The van der Waals surface area contributed by atoms with Gasteiger partial charge in [0.1, 0.15) is 5.51 Å². The summed E-state index contributed by atoms with van der Waals surface area (Å²) in [4.78, 5) is 12.2. The van der Waals surface area contributed by atoms with Crippen molar-refractivity contribution < 1.29 is 4.79 Å². The lowest BCUT2D eigenvalue weighted by Crippen LogP contribution is -2.13. The second kappa shape index (κ2) is 6.09. The number of benzene rings is 1. The van der Waals surface area contributed by atoms with E-state index in [1.54, 1.807) is 11.6 Å². The minimum Gasteiger partial charge on any atom is -0.320 e. The number of rotatable bonds is 2.